The van der Waals surface area contributed by atoms with Gasteiger partial charge in [0.2, 0.25) is 0 Å². The number of carboxylic acids is 1. The third-order valence-corrected chi connectivity index (χ3v) is 4.13. The van der Waals surface area contributed by atoms with E-state index in [0.29, 0.717) is 18.4 Å². The average molecular weight is 276 g/mol. The highest BCUT2D eigenvalue weighted by molar-refractivity contribution is 5.66. The van der Waals surface area contributed by atoms with E-state index in [1.165, 1.54) is 18.4 Å². The van der Waals surface area contributed by atoms with Gasteiger partial charge < -0.3 is 9.84 Å². The number of ether oxygens (including phenoxy) is 1. The van der Waals surface area contributed by atoms with Gasteiger partial charge in [0.05, 0.1) is 6.10 Å². The lowest BCUT2D eigenvalue weighted by Crippen LogP contribution is -2.11. The van der Waals surface area contributed by atoms with Gasteiger partial charge in [-0.05, 0) is 62.1 Å². The first-order valence-electron chi connectivity index (χ1n) is 7.67. The lowest BCUT2D eigenvalue weighted by Gasteiger charge is -2.17. The molecule has 2 rings (SSSR count). The third-order valence-electron chi connectivity index (χ3n) is 4.13. The van der Waals surface area contributed by atoms with Gasteiger partial charge in [-0.3, -0.25) is 4.79 Å². The highest BCUT2D eigenvalue weighted by atomic mass is 16.5. The van der Waals surface area contributed by atoms with Gasteiger partial charge in [-0.2, -0.15) is 0 Å². The van der Waals surface area contributed by atoms with Crippen molar-refractivity contribution in [2.45, 2.75) is 63.9 Å². The van der Waals surface area contributed by atoms with Gasteiger partial charge in [-0.15, -0.1) is 0 Å². The molecule has 1 aliphatic rings. The van der Waals surface area contributed by atoms with E-state index in [0.717, 1.165) is 25.0 Å². The van der Waals surface area contributed by atoms with E-state index in [1.807, 2.05) is 12.1 Å². The van der Waals surface area contributed by atoms with Crippen molar-refractivity contribution in [1.82, 2.24) is 0 Å². The summed E-state index contributed by atoms with van der Waals surface area (Å²) in [7, 11) is 0. The minimum absolute atomic E-state index is 0.228. The summed E-state index contributed by atoms with van der Waals surface area (Å²) < 4.78 is 6.02. The van der Waals surface area contributed by atoms with Crippen LogP contribution in [0.4, 0.5) is 0 Å². The smallest absolute Gasteiger partial charge is 0.303 e. The van der Waals surface area contributed by atoms with Crippen LogP contribution < -0.4 is 4.74 Å². The molecular weight excluding hydrogens is 252 g/mol. The molecule has 3 heteroatoms. The second-order valence-corrected chi connectivity index (χ2v) is 5.63. The molecule has 1 aromatic carbocycles. The lowest BCUT2D eigenvalue weighted by atomic mass is 9.92. The van der Waals surface area contributed by atoms with Crippen LogP contribution in [0, 0.1) is 0 Å². The van der Waals surface area contributed by atoms with Crippen LogP contribution in [0.5, 0.6) is 5.75 Å². The van der Waals surface area contributed by atoms with Gasteiger partial charge >= 0.3 is 5.97 Å². The van der Waals surface area contributed by atoms with Gasteiger partial charge in [0.1, 0.15) is 5.75 Å². The SMILES string of the molecule is CC[C@@H](CCC(=O)O)c1cccc(OC2CCCC2)c1. The highest BCUT2D eigenvalue weighted by Crippen LogP contribution is 2.29. The molecule has 20 heavy (non-hydrogen) atoms. The van der Waals surface area contributed by atoms with Crippen molar-refractivity contribution in [2.24, 2.45) is 0 Å². The number of benzene rings is 1. The molecule has 0 heterocycles. The van der Waals surface area contributed by atoms with Crippen molar-refractivity contribution >= 4 is 5.97 Å². The van der Waals surface area contributed by atoms with E-state index in [1.54, 1.807) is 0 Å². The van der Waals surface area contributed by atoms with Crippen molar-refractivity contribution in [2.75, 3.05) is 0 Å². The number of carbonyl (C=O) groups is 1. The Morgan fingerprint density at radius 3 is 2.80 bits per heavy atom. The number of hydrogen-bond donors (Lipinski definition) is 1. The van der Waals surface area contributed by atoms with Crippen LogP contribution in [0.2, 0.25) is 0 Å². The van der Waals surface area contributed by atoms with Gasteiger partial charge in [-0.25, -0.2) is 0 Å². The predicted octanol–water partition coefficient (Wildman–Crippen LogP) is 4.37. The molecule has 0 saturated heterocycles. The molecule has 3 nitrogen and oxygen atoms in total. The quantitative estimate of drug-likeness (QED) is 0.804. The van der Waals surface area contributed by atoms with Crippen molar-refractivity contribution in [3.8, 4) is 5.75 Å². The van der Waals surface area contributed by atoms with Gasteiger partial charge in [0.25, 0.3) is 0 Å². The second kappa shape index (κ2) is 7.32. The lowest BCUT2D eigenvalue weighted by molar-refractivity contribution is -0.137. The molecule has 1 atom stereocenters. The summed E-state index contributed by atoms with van der Waals surface area (Å²) in [5, 5.41) is 8.82. The maximum atomic E-state index is 10.7. The summed E-state index contributed by atoms with van der Waals surface area (Å²) in [5.41, 5.74) is 1.20. The fraction of sp³-hybridized carbons (Fsp3) is 0.588. The van der Waals surface area contributed by atoms with E-state index >= 15 is 0 Å². The molecule has 0 spiro atoms. The first-order chi connectivity index (χ1) is 9.69. The molecular formula is C17H24O3. The Balaban J connectivity index is 2.00. The van der Waals surface area contributed by atoms with E-state index < -0.39 is 5.97 Å². The van der Waals surface area contributed by atoms with Crippen LogP contribution >= 0.6 is 0 Å². The fourth-order valence-corrected chi connectivity index (χ4v) is 2.94. The van der Waals surface area contributed by atoms with Crippen LogP contribution in [-0.4, -0.2) is 17.2 Å². The predicted molar refractivity (Wildman–Crippen MR) is 79.2 cm³/mol. The number of carboxylic acid groups (broad SMARTS) is 1. The third kappa shape index (κ3) is 4.26. The summed E-state index contributed by atoms with van der Waals surface area (Å²) in [6.07, 6.45) is 7.08. The molecule has 1 saturated carbocycles. The summed E-state index contributed by atoms with van der Waals surface area (Å²) in [6.45, 7) is 2.11. The summed E-state index contributed by atoms with van der Waals surface area (Å²) in [6, 6.07) is 8.20. The first-order valence-corrected chi connectivity index (χ1v) is 7.67. The van der Waals surface area contributed by atoms with Crippen LogP contribution in [0.3, 0.4) is 0 Å². The largest absolute Gasteiger partial charge is 0.490 e. The van der Waals surface area contributed by atoms with Gasteiger partial charge in [-0.1, -0.05) is 19.1 Å². The Labute approximate surface area is 121 Å². The molecule has 1 aliphatic carbocycles. The highest BCUT2D eigenvalue weighted by Gasteiger charge is 2.17. The van der Waals surface area contributed by atoms with E-state index in [2.05, 4.69) is 19.1 Å². The minimum Gasteiger partial charge on any atom is -0.490 e. The molecule has 0 unspecified atom stereocenters. The van der Waals surface area contributed by atoms with Crippen molar-refractivity contribution in [3.05, 3.63) is 29.8 Å². The Morgan fingerprint density at radius 2 is 2.15 bits per heavy atom. The summed E-state index contributed by atoms with van der Waals surface area (Å²) in [4.78, 5) is 10.7. The summed E-state index contributed by atoms with van der Waals surface area (Å²) >= 11 is 0. The van der Waals surface area contributed by atoms with Crippen molar-refractivity contribution < 1.29 is 14.6 Å². The number of rotatable bonds is 7. The van der Waals surface area contributed by atoms with Crippen LogP contribution in [0.25, 0.3) is 0 Å². The van der Waals surface area contributed by atoms with Gasteiger partial charge in [0, 0.05) is 6.42 Å². The molecule has 0 bridgehead atoms. The topological polar surface area (TPSA) is 46.5 Å². The monoisotopic (exact) mass is 276 g/mol. The molecule has 1 N–H and O–H groups in total. The maximum Gasteiger partial charge on any atom is 0.303 e. The number of aliphatic carboxylic acids is 1. The van der Waals surface area contributed by atoms with E-state index in [9.17, 15) is 4.79 Å². The zero-order chi connectivity index (χ0) is 14.4. The summed E-state index contributed by atoms with van der Waals surface area (Å²) in [5.74, 6) is 0.517. The van der Waals surface area contributed by atoms with Crippen molar-refractivity contribution in [1.29, 1.82) is 0 Å². The Bertz CT molecular complexity index is 436. The zero-order valence-corrected chi connectivity index (χ0v) is 12.2. The van der Waals surface area contributed by atoms with Crippen LogP contribution in [0.15, 0.2) is 24.3 Å². The Hall–Kier alpha value is -1.51. The maximum absolute atomic E-state index is 10.7. The molecule has 1 aromatic rings. The van der Waals surface area contributed by atoms with Crippen LogP contribution in [0.1, 0.15) is 63.4 Å². The molecule has 1 fully saturated rings. The second-order valence-electron chi connectivity index (χ2n) is 5.63. The van der Waals surface area contributed by atoms with Crippen LogP contribution in [-0.2, 0) is 4.79 Å². The molecule has 0 aliphatic heterocycles. The minimum atomic E-state index is -0.721. The molecule has 0 aromatic heterocycles. The standard InChI is InChI=1S/C17H24O3/c1-2-13(10-11-17(18)19)14-6-5-9-16(12-14)20-15-7-3-4-8-15/h5-6,9,12-13,15H,2-4,7-8,10-11H2,1H3,(H,18,19)/t13-/m0/s1. The first kappa shape index (κ1) is 14.9. The average Bonchev–Trinajstić information content (AvgIpc) is 2.92. The van der Waals surface area contributed by atoms with E-state index in [-0.39, 0.29) is 6.42 Å². The Morgan fingerprint density at radius 1 is 1.40 bits per heavy atom. The normalized spacial score (nSPS) is 17.1. The number of hydrogen-bond acceptors (Lipinski definition) is 2. The Kier molecular flexibility index (Phi) is 5.45. The zero-order valence-electron chi connectivity index (χ0n) is 12.2. The van der Waals surface area contributed by atoms with Crippen molar-refractivity contribution in [3.63, 3.8) is 0 Å². The van der Waals surface area contributed by atoms with Gasteiger partial charge in [0.15, 0.2) is 0 Å². The molecule has 110 valence electrons. The molecule has 0 amide bonds. The van der Waals surface area contributed by atoms with E-state index in [4.69, 9.17) is 9.84 Å². The molecule has 0 radical (unpaired) electrons. The fourth-order valence-electron chi connectivity index (χ4n) is 2.94.